The molecule has 0 aromatic heterocycles. The van der Waals surface area contributed by atoms with Crippen LogP contribution in [0.4, 0.5) is 0 Å². The number of carbonyl (C=O) groups is 1. The normalized spacial score (nSPS) is 17.1. The lowest BCUT2D eigenvalue weighted by molar-refractivity contribution is 0.101. The lowest BCUT2D eigenvalue weighted by Crippen LogP contribution is -2.32. The summed E-state index contributed by atoms with van der Waals surface area (Å²) in [5.74, 6) is -0.724. The van der Waals surface area contributed by atoms with Crippen LogP contribution in [-0.2, 0) is 0 Å². The number of likely N-dealkylation sites (N-methyl/N-ethyl adjacent to an activating group) is 1. The van der Waals surface area contributed by atoms with Gasteiger partial charge in [-0.3, -0.25) is 18.2 Å². The molecule has 0 aliphatic carbocycles. The van der Waals surface area contributed by atoms with Crippen molar-refractivity contribution in [2.24, 2.45) is 0 Å². The molecule has 1 aliphatic rings. The molecule has 4 rings (SSSR count). The number of aliphatic hydroxyl groups excluding tert-OH is 1. The van der Waals surface area contributed by atoms with Gasteiger partial charge in [0.05, 0.1) is 4.90 Å². The van der Waals surface area contributed by atoms with Crippen LogP contribution in [0.3, 0.4) is 0 Å². The number of Topliss-reactive ketones (excluding diaryl/α,β-unsaturated/α-hetero) is 1. The predicted octanol–water partition coefficient (Wildman–Crippen LogP) is 4.92. The maximum Gasteiger partial charge on any atom is 0.214 e. The van der Waals surface area contributed by atoms with E-state index in [4.69, 9.17) is 0 Å². The summed E-state index contributed by atoms with van der Waals surface area (Å²) >= 11 is 0. The van der Waals surface area contributed by atoms with Gasteiger partial charge in [-0.2, -0.15) is 0 Å². The highest BCUT2D eigenvalue weighted by Gasteiger charge is 2.38. The summed E-state index contributed by atoms with van der Waals surface area (Å²) in [5, 5.41) is 12.6. The predicted molar refractivity (Wildman–Crippen MR) is 103 cm³/mol. The van der Waals surface area contributed by atoms with Crippen LogP contribution in [0, 0.1) is 0 Å². The second-order valence-corrected chi connectivity index (χ2v) is 8.13. The Bertz CT molecular complexity index is 1070. The smallest absolute Gasteiger partial charge is 0.214 e. The minimum Gasteiger partial charge on any atom is -0.505 e. The molecule has 6 heteroatoms. The maximum absolute atomic E-state index is 13.1. The topological polar surface area (TPSA) is 81.0 Å². The molecule has 0 amide bonds. The van der Waals surface area contributed by atoms with Gasteiger partial charge in [-0.1, -0.05) is 59.3 Å². The number of fused-ring (bicyclic) bond motifs is 2. The first kappa shape index (κ1) is 16.7. The highest BCUT2D eigenvalue weighted by atomic mass is 32.3. The molecular formula is C20H17NO4S. The van der Waals surface area contributed by atoms with Crippen LogP contribution in [0.15, 0.2) is 77.3 Å². The van der Waals surface area contributed by atoms with Crippen LogP contribution >= 0.6 is 10.8 Å². The van der Waals surface area contributed by atoms with Crippen molar-refractivity contribution >= 4 is 33.1 Å². The molecule has 3 aromatic rings. The third-order valence-electron chi connectivity index (χ3n) is 4.59. The largest absolute Gasteiger partial charge is 0.505 e. The molecule has 26 heavy (non-hydrogen) atoms. The monoisotopic (exact) mass is 367 g/mol. The van der Waals surface area contributed by atoms with Gasteiger partial charge in [0.1, 0.15) is 5.70 Å². The van der Waals surface area contributed by atoms with E-state index in [1.54, 1.807) is 30.3 Å². The van der Waals surface area contributed by atoms with E-state index >= 15 is 0 Å². The number of nitrogens with zero attached hydrogens (tertiary/aromatic N) is 1. The summed E-state index contributed by atoms with van der Waals surface area (Å²) in [6.45, 7) is 0. The van der Waals surface area contributed by atoms with Crippen molar-refractivity contribution in [3.63, 3.8) is 0 Å². The van der Waals surface area contributed by atoms with E-state index < -0.39 is 16.6 Å². The zero-order valence-corrected chi connectivity index (χ0v) is 14.8. The van der Waals surface area contributed by atoms with Gasteiger partial charge in [-0.15, -0.1) is 0 Å². The fraction of sp³-hybridized carbons (Fsp3) is 0.0500. The lowest BCUT2D eigenvalue weighted by Gasteiger charge is -2.46. The van der Waals surface area contributed by atoms with Crippen molar-refractivity contribution in [1.82, 2.24) is 4.31 Å². The number of hydrogen-bond acceptors (Lipinski definition) is 5. The van der Waals surface area contributed by atoms with Gasteiger partial charge in [0.25, 0.3) is 0 Å². The van der Waals surface area contributed by atoms with Crippen molar-refractivity contribution in [3.05, 3.63) is 83.6 Å². The minimum absolute atomic E-state index is 0.126. The van der Waals surface area contributed by atoms with E-state index in [9.17, 15) is 19.0 Å². The Hall–Kier alpha value is -2.80. The fourth-order valence-corrected chi connectivity index (χ4v) is 4.61. The zero-order valence-electron chi connectivity index (χ0n) is 14.0. The molecule has 3 N–H and O–H groups in total. The van der Waals surface area contributed by atoms with Gasteiger partial charge in [0.2, 0.25) is 5.78 Å². The Kier molecular flexibility index (Phi) is 3.77. The first-order valence-electron chi connectivity index (χ1n) is 7.99. The average Bonchev–Trinajstić information content (AvgIpc) is 2.66. The number of allylic oxidation sites excluding steroid dienone is 1. The Morgan fingerprint density at radius 3 is 2.35 bits per heavy atom. The van der Waals surface area contributed by atoms with Gasteiger partial charge in [-0.05, 0) is 29.0 Å². The summed E-state index contributed by atoms with van der Waals surface area (Å²) in [6, 6.07) is 19.3. The second kappa shape index (κ2) is 5.88. The highest BCUT2D eigenvalue weighted by molar-refractivity contribution is 8.22. The van der Waals surface area contributed by atoms with Crippen LogP contribution in [0.5, 0.6) is 0 Å². The van der Waals surface area contributed by atoms with Crippen LogP contribution in [0.2, 0.25) is 0 Å². The molecule has 0 unspecified atom stereocenters. The maximum atomic E-state index is 13.1. The Morgan fingerprint density at radius 2 is 1.58 bits per heavy atom. The van der Waals surface area contributed by atoms with Crippen LogP contribution in [0.1, 0.15) is 15.9 Å². The minimum atomic E-state index is -3.40. The summed E-state index contributed by atoms with van der Waals surface area (Å²) in [4.78, 5) is 13.3. The Morgan fingerprint density at radius 1 is 0.923 bits per heavy atom. The molecule has 3 aromatic carbocycles. The summed E-state index contributed by atoms with van der Waals surface area (Å²) in [7, 11) is -2.01. The SMILES string of the molecule is CN1C(C(=O)c2ccc3ccccc3c2)=C(O)c2ccccc2S1(O)O. The first-order valence-corrected chi connectivity index (χ1v) is 9.50. The van der Waals surface area contributed by atoms with Crippen molar-refractivity contribution < 1.29 is 19.0 Å². The molecule has 0 radical (unpaired) electrons. The lowest BCUT2D eigenvalue weighted by atomic mass is 10.0. The fourth-order valence-electron chi connectivity index (χ4n) is 3.17. The average molecular weight is 367 g/mol. The van der Waals surface area contributed by atoms with Crippen LogP contribution < -0.4 is 0 Å². The molecule has 0 saturated heterocycles. The Labute approximate surface area is 152 Å². The molecule has 0 fully saturated rings. The number of ketones is 1. The van der Waals surface area contributed by atoms with Gasteiger partial charge >= 0.3 is 0 Å². The van der Waals surface area contributed by atoms with E-state index in [1.807, 2.05) is 30.3 Å². The molecule has 132 valence electrons. The zero-order chi connectivity index (χ0) is 18.5. The van der Waals surface area contributed by atoms with Gasteiger partial charge < -0.3 is 5.11 Å². The standard InChI is InChI=1S/C20H17NO4S/c1-21-18(20(23)16-8-4-5-9-17(16)26(21,24)25)19(22)15-11-10-13-6-2-3-7-14(13)12-15/h2-12,23-25H,1H3. The van der Waals surface area contributed by atoms with Crippen LogP contribution in [-0.4, -0.2) is 31.3 Å². The quantitative estimate of drug-likeness (QED) is 0.560. The molecule has 0 saturated carbocycles. The number of benzene rings is 3. The molecule has 0 bridgehead atoms. The van der Waals surface area contributed by atoms with Crippen LogP contribution in [0.25, 0.3) is 16.5 Å². The third-order valence-corrected chi connectivity index (χ3v) is 6.48. The summed E-state index contributed by atoms with van der Waals surface area (Å²) < 4.78 is 22.3. The van der Waals surface area contributed by atoms with E-state index in [0.717, 1.165) is 15.1 Å². The van der Waals surface area contributed by atoms with Crippen molar-refractivity contribution in [3.8, 4) is 0 Å². The second-order valence-electron chi connectivity index (χ2n) is 6.10. The van der Waals surface area contributed by atoms with Crippen molar-refractivity contribution in [1.29, 1.82) is 0 Å². The molecular weight excluding hydrogens is 350 g/mol. The molecule has 1 heterocycles. The number of rotatable bonds is 2. The number of hydrogen-bond donors (Lipinski definition) is 3. The van der Waals surface area contributed by atoms with E-state index in [0.29, 0.717) is 5.56 Å². The van der Waals surface area contributed by atoms with E-state index in [-0.39, 0.29) is 21.9 Å². The van der Waals surface area contributed by atoms with Crippen molar-refractivity contribution in [2.75, 3.05) is 7.05 Å². The van der Waals surface area contributed by atoms with Crippen molar-refractivity contribution in [2.45, 2.75) is 4.90 Å². The van der Waals surface area contributed by atoms with E-state index in [2.05, 4.69) is 0 Å². The number of aliphatic hydroxyl groups is 1. The van der Waals surface area contributed by atoms with Gasteiger partial charge in [0, 0.05) is 18.2 Å². The van der Waals surface area contributed by atoms with Gasteiger partial charge in [-0.25, -0.2) is 0 Å². The summed E-state index contributed by atoms with van der Waals surface area (Å²) in [6.07, 6.45) is 0. The Balaban J connectivity index is 1.88. The third kappa shape index (κ3) is 2.39. The molecule has 0 spiro atoms. The van der Waals surface area contributed by atoms with E-state index in [1.165, 1.54) is 13.1 Å². The molecule has 1 aliphatic heterocycles. The molecule has 0 atom stereocenters. The summed E-state index contributed by atoms with van der Waals surface area (Å²) in [5.41, 5.74) is 0.500. The first-order chi connectivity index (χ1) is 12.4. The van der Waals surface area contributed by atoms with Gasteiger partial charge in [0.15, 0.2) is 5.76 Å². The molecule has 5 nitrogen and oxygen atoms in total. The number of carbonyl (C=O) groups excluding carboxylic acids is 1. The highest BCUT2D eigenvalue weighted by Crippen LogP contribution is 2.58.